The SMILES string of the molecule is O=C(N[C@@H](CO)Cc1ccccc1)c1cc2ccccc2c(-c2c(O)c(C(=O)N[C@@H](CO)Cc3ccccc3)cc3ccccc23)c1O. The summed E-state index contributed by atoms with van der Waals surface area (Å²) in [5.41, 5.74) is 2.15. The van der Waals surface area contributed by atoms with Crippen molar-refractivity contribution in [1.82, 2.24) is 10.6 Å². The van der Waals surface area contributed by atoms with Crippen molar-refractivity contribution in [3.8, 4) is 22.6 Å². The summed E-state index contributed by atoms with van der Waals surface area (Å²) in [6.45, 7) is -0.632. The standard InChI is InChI=1S/C40H36N2O6/c43-23-29(19-25-11-3-1-4-12-25)41-39(47)33-21-27-15-7-9-17-31(27)35(37(33)45)36-32-18-10-8-16-28(32)22-34(38(36)46)40(48)42-30(24-44)20-26-13-5-2-6-14-26/h1-18,21-22,29-30,43-46H,19-20,23-24H2,(H,41,47)(H,42,48)/t29-,30-/m1/s1. The van der Waals surface area contributed by atoms with Crippen molar-refractivity contribution in [3.05, 3.63) is 144 Å². The Labute approximate surface area is 277 Å². The van der Waals surface area contributed by atoms with Gasteiger partial charge < -0.3 is 31.1 Å². The smallest absolute Gasteiger partial charge is 0.255 e. The van der Waals surface area contributed by atoms with Gasteiger partial charge in [-0.15, -0.1) is 0 Å². The summed E-state index contributed by atoms with van der Waals surface area (Å²) in [5, 5.41) is 52.0. The molecular weight excluding hydrogens is 604 g/mol. The highest BCUT2D eigenvalue weighted by atomic mass is 16.3. The van der Waals surface area contributed by atoms with Gasteiger partial charge in [0.1, 0.15) is 11.5 Å². The maximum Gasteiger partial charge on any atom is 0.255 e. The molecule has 0 saturated heterocycles. The van der Waals surface area contributed by atoms with Crippen molar-refractivity contribution in [3.63, 3.8) is 0 Å². The molecule has 0 heterocycles. The molecule has 6 rings (SSSR count). The van der Waals surface area contributed by atoms with Gasteiger partial charge in [0.25, 0.3) is 11.8 Å². The Bertz CT molecular complexity index is 1930. The molecule has 6 N–H and O–H groups in total. The minimum absolute atomic E-state index is 0.0447. The monoisotopic (exact) mass is 640 g/mol. The zero-order valence-electron chi connectivity index (χ0n) is 26.1. The molecule has 0 aromatic heterocycles. The molecule has 8 nitrogen and oxygen atoms in total. The molecule has 242 valence electrons. The number of rotatable bonds is 11. The molecule has 6 aromatic carbocycles. The van der Waals surface area contributed by atoms with Crippen LogP contribution in [0.2, 0.25) is 0 Å². The van der Waals surface area contributed by atoms with E-state index in [0.29, 0.717) is 34.4 Å². The van der Waals surface area contributed by atoms with Crippen LogP contribution in [0.5, 0.6) is 11.5 Å². The number of carbonyl (C=O) groups is 2. The molecule has 0 bridgehead atoms. The minimum Gasteiger partial charge on any atom is -0.506 e. The molecule has 0 aliphatic carbocycles. The first-order valence-electron chi connectivity index (χ1n) is 15.8. The van der Waals surface area contributed by atoms with E-state index in [0.717, 1.165) is 11.1 Å². The van der Waals surface area contributed by atoms with Gasteiger partial charge in [-0.1, -0.05) is 109 Å². The van der Waals surface area contributed by atoms with E-state index >= 15 is 0 Å². The van der Waals surface area contributed by atoms with Gasteiger partial charge in [0, 0.05) is 11.1 Å². The summed E-state index contributed by atoms with van der Waals surface area (Å²) < 4.78 is 0. The van der Waals surface area contributed by atoms with Gasteiger partial charge in [0.2, 0.25) is 0 Å². The Hall–Kier alpha value is -5.70. The largest absolute Gasteiger partial charge is 0.506 e. The van der Waals surface area contributed by atoms with E-state index in [-0.39, 0.29) is 47.0 Å². The van der Waals surface area contributed by atoms with Crippen LogP contribution in [-0.2, 0) is 12.8 Å². The molecule has 0 unspecified atom stereocenters. The number of phenolic OH excluding ortho intramolecular Hbond substituents is 2. The first-order chi connectivity index (χ1) is 23.4. The highest BCUT2D eigenvalue weighted by molar-refractivity contribution is 6.16. The Morgan fingerprint density at radius 2 is 0.875 bits per heavy atom. The van der Waals surface area contributed by atoms with Gasteiger partial charge in [-0.2, -0.15) is 0 Å². The van der Waals surface area contributed by atoms with Crippen LogP contribution in [0, 0.1) is 0 Å². The van der Waals surface area contributed by atoms with Crippen LogP contribution in [-0.4, -0.2) is 57.5 Å². The Morgan fingerprint density at radius 3 is 1.25 bits per heavy atom. The van der Waals surface area contributed by atoms with Crippen molar-refractivity contribution in [2.45, 2.75) is 24.9 Å². The predicted molar refractivity (Wildman–Crippen MR) is 187 cm³/mol. The normalized spacial score (nSPS) is 12.5. The maximum absolute atomic E-state index is 13.7. The van der Waals surface area contributed by atoms with Crippen LogP contribution in [0.1, 0.15) is 31.8 Å². The van der Waals surface area contributed by atoms with E-state index in [1.807, 2.05) is 60.7 Å². The van der Waals surface area contributed by atoms with Crippen molar-refractivity contribution < 1.29 is 30.0 Å². The molecule has 2 atom stereocenters. The molecule has 0 fully saturated rings. The fourth-order valence-electron chi connectivity index (χ4n) is 6.17. The first-order valence-corrected chi connectivity index (χ1v) is 15.8. The van der Waals surface area contributed by atoms with Gasteiger partial charge in [0.05, 0.1) is 36.4 Å². The number of carbonyl (C=O) groups excluding carboxylic acids is 2. The fraction of sp³-hybridized carbons (Fsp3) is 0.150. The van der Waals surface area contributed by atoms with Gasteiger partial charge in [-0.25, -0.2) is 0 Å². The molecule has 8 heteroatoms. The lowest BCUT2D eigenvalue weighted by molar-refractivity contribution is 0.0906. The van der Waals surface area contributed by atoms with Crippen LogP contribution in [0.4, 0.5) is 0 Å². The highest BCUT2D eigenvalue weighted by Gasteiger charge is 2.27. The third-order valence-corrected chi connectivity index (χ3v) is 8.54. The summed E-state index contributed by atoms with van der Waals surface area (Å²) in [7, 11) is 0. The zero-order chi connectivity index (χ0) is 33.6. The van der Waals surface area contributed by atoms with Gasteiger partial charge >= 0.3 is 0 Å². The van der Waals surface area contributed by atoms with Crippen LogP contribution in [0.25, 0.3) is 32.7 Å². The molecule has 2 amide bonds. The summed E-state index contributed by atoms with van der Waals surface area (Å²) in [6.07, 6.45) is 0.762. The average Bonchev–Trinajstić information content (AvgIpc) is 3.11. The third-order valence-electron chi connectivity index (χ3n) is 8.54. The van der Waals surface area contributed by atoms with Crippen LogP contribution in [0.15, 0.2) is 121 Å². The number of aromatic hydroxyl groups is 2. The second-order valence-corrected chi connectivity index (χ2v) is 11.8. The fourth-order valence-corrected chi connectivity index (χ4v) is 6.17. The Kier molecular flexibility index (Phi) is 9.66. The zero-order valence-corrected chi connectivity index (χ0v) is 26.1. The quantitative estimate of drug-likeness (QED) is 0.107. The van der Waals surface area contributed by atoms with Crippen LogP contribution in [0.3, 0.4) is 0 Å². The molecule has 0 spiro atoms. The maximum atomic E-state index is 13.7. The Morgan fingerprint density at radius 1 is 0.521 bits per heavy atom. The second kappa shape index (κ2) is 14.4. The number of benzene rings is 6. The number of phenols is 2. The van der Waals surface area contributed by atoms with Crippen molar-refractivity contribution in [2.24, 2.45) is 0 Å². The minimum atomic E-state index is -0.620. The number of amides is 2. The van der Waals surface area contributed by atoms with E-state index in [9.17, 15) is 30.0 Å². The van der Waals surface area contributed by atoms with E-state index in [1.54, 1.807) is 60.7 Å². The van der Waals surface area contributed by atoms with E-state index in [4.69, 9.17) is 0 Å². The molecule has 0 aliphatic heterocycles. The molecule has 48 heavy (non-hydrogen) atoms. The number of fused-ring (bicyclic) bond motifs is 2. The first kappa shape index (κ1) is 32.2. The number of aliphatic hydroxyl groups is 2. The van der Waals surface area contributed by atoms with E-state index < -0.39 is 23.9 Å². The number of hydrogen-bond donors (Lipinski definition) is 6. The van der Waals surface area contributed by atoms with Gasteiger partial charge in [-0.05, 0) is 57.6 Å². The summed E-state index contributed by atoms with van der Waals surface area (Å²) in [6, 6.07) is 35.2. The highest BCUT2D eigenvalue weighted by Crippen LogP contribution is 2.47. The number of hydrogen-bond acceptors (Lipinski definition) is 6. The van der Waals surface area contributed by atoms with E-state index in [1.165, 1.54) is 0 Å². The molecular formula is C40H36N2O6. The predicted octanol–water partition coefficient (Wildman–Crippen LogP) is 5.74. The van der Waals surface area contributed by atoms with Crippen molar-refractivity contribution in [1.29, 1.82) is 0 Å². The molecule has 6 aromatic rings. The molecule has 0 radical (unpaired) electrons. The van der Waals surface area contributed by atoms with Crippen molar-refractivity contribution >= 4 is 33.4 Å². The van der Waals surface area contributed by atoms with E-state index in [2.05, 4.69) is 10.6 Å². The topological polar surface area (TPSA) is 139 Å². The lowest BCUT2D eigenvalue weighted by atomic mass is 9.88. The lowest BCUT2D eigenvalue weighted by Crippen LogP contribution is -2.39. The molecule has 0 aliphatic rings. The Balaban J connectivity index is 1.44. The number of nitrogens with one attached hydrogen (secondary N) is 2. The van der Waals surface area contributed by atoms with Gasteiger partial charge in [0.15, 0.2) is 0 Å². The van der Waals surface area contributed by atoms with Crippen molar-refractivity contribution in [2.75, 3.05) is 13.2 Å². The molecule has 0 saturated carbocycles. The van der Waals surface area contributed by atoms with Crippen LogP contribution >= 0.6 is 0 Å². The third kappa shape index (κ3) is 6.71. The summed E-state index contributed by atoms with van der Waals surface area (Å²) >= 11 is 0. The average molecular weight is 641 g/mol. The lowest BCUT2D eigenvalue weighted by Gasteiger charge is -2.21. The van der Waals surface area contributed by atoms with Crippen LogP contribution < -0.4 is 10.6 Å². The second-order valence-electron chi connectivity index (χ2n) is 11.8. The van der Waals surface area contributed by atoms with Gasteiger partial charge in [-0.3, -0.25) is 9.59 Å². The summed E-state index contributed by atoms with van der Waals surface area (Å²) in [5.74, 6) is -1.95. The summed E-state index contributed by atoms with van der Waals surface area (Å²) in [4.78, 5) is 27.5. The number of aliphatic hydroxyl groups excluding tert-OH is 2.